The van der Waals surface area contributed by atoms with E-state index >= 15 is 0 Å². The lowest BCUT2D eigenvalue weighted by Gasteiger charge is -2.20. The second kappa shape index (κ2) is 5.44. The Balaban J connectivity index is 1.67. The van der Waals surface area contributed by atoms with Crippen molar-refractivity contribution in [1.29, 1.82) is 0 Å². The molecule has 0 amide bonds. The highest BCUT2D eigenvalue weighted by Gasteiger charge is 2.20. The Labute approximate surface area is 158 Å². The number of fused-ring (bicyclic) bond motifs is 5. The van der Waals surface area contributed by atoms with Crippen molar-refractivity contribution < 1.29 is 4.74 Å². The Morgan fingerprint density at radius 2 is 1.69 bits per heavy atom. The van der Waals surface area contributed by atoms with E-state index in [0.29, 0.717) is 6.61 Å². The third-order valence-electron chi connectivity index (χ3n) is 5.05. The zero-order valence-corrected chi connectivity index (χ0v) is 15.5. The van der Waals surface area contributed by atoms with Crippen molar-refractivity contribution >= 4 is 59.2 Å². The van der Waals surface area contributed by atoms with Crippen LogP contribution in [0.1, 0.15) is 10.4 Å². The highest BCUT2D eigenvalue weighted by molar-refractivity contribution is 7.27. The molecule has 26 heavy (non-hydrogen) atoms. The predicted octanol–water partition coefficient (Wildman–Crippen LogP) is 7.09. The number of benzene rings is 3. The van der Waals surface area contributed by atoms with E-state index in [9.17, 15) is 0 Å². The van der Waals surface area contributed by atoms with Crippen LogP contribution in [0.15, 0.2) is 72.1 Å². The molecule has 0 aliphatic carbocycles. The van der Waals surface area contributed by atoms with E-state index in [1.54, 1.807) is 0 Å². The molecule has 1 nitrogen and oxygen atoms in total. The fraction of sp³-hybridized carbons (Fsp3) is 0.0435. The fourth-order valence-corrected chi connectivity index (χ4v) is 5.99. The molecule has 1 aliphatic heterocycles. The maximum atomic E-state index is 5.98. The fourth-order valence-electron chi connectivity index (χ4n) is 3.83. The average Bonchev–Trinajstić information content (AvgIpc) is 3.28. The van der Waals surface area contributed by atoms with Crippen LogP contribution in [0.4, 0.5) is 0 Å². The molecular weight excluding hydrogens is 356 g/mol. The van der Waals surface area contributed by atoms with Crippen molar-refractivity contribution in [2.75, 3.05) is 6.61 Å². The van der Waals surface area contributed by atoms with E-state index in [-0.39, 0.29) is 0 Å². The third-order valence-corrected chi connectivity index (χ3v) is 7.17. The van der Waals surface area contributed by atoms with E-state index < -0.39 is 0 Å². The zero-order valence-electron chi connectivity index (χ0n) is 13.9. The summed E-state index contributed by atoms with van der Waals surface area (Å²) >= 11 is 3.68. The molecule has 0 spiro atoms. The van der Waals surface area contributed by atoms with Gasteiger partial charge in [0.1, 0.15) is 12.4 Å². The molecule has 0 bridgehead atoms. The monoisotopic (exact) mass is 370 g/mol. The van der Waals surface area contributed by atoms with Gasteiger partial charge in [-0.15, -0.1) is 22.7 Å². The topological polar surface area (TPSA) is 9.23 Å². The highest BCUT2D eigenvalue weighted by atomic mass is 32.1. The van der Waals surface area contributed by atoms with Crippen molar-refractivity contribution in [1.82, 2.24) is 0 Å². The van der Waals surface area contributed by atoms with Crippen molar-refractivity contribution in [2.24, 2.45) is 0 Å². The minimum Gasteiger partial charge on any atom is -0.489 e. The molecule has 0 unspecified atom stereocenters. The molecule has 124 valence electrons. The summed E-state index contributed by atoms with van der Waals surface area (Å²) in [6, 6.07) is 22.0. The van der Waals surface area contributed by atoms with Gasteiger partial charge in [0.2, 0.25) is 0 Å². The van der Waals surface area contributed by atoms with Gasteiger partial charge >= 0.3 is 0 Å². The van der Waals surface area contributed by atoms with E-state index in [2.05, 4.69) is 72.1 Å². The number of ether oxygens (including phenoxy) is 1. The Bertz CT molecular complexity index is 1310. The van der Waals surface area contributed by atoms with Crippen molar-refractivity contribution in [3.63, 3.8) is 0 Å². The summed E-state index contributed by atoms with van der Waals surface area (Å²) in [5, 5.41) is 7.24. The summed E-state index contributed by atoms with van der Waals surface area (Å²) in [5.74, 6) is 0.988. The molecular formula is C23H14OS2. The summed E-state index contributed by atoms with van der Waals surface area (Å²) in [7, 11) is 0. The minimum atomic E-state index is 0.632. The SMILES string of the molecule is C1=C(c2cc3sccc3s2)c2c(ccc3cc4ccccc4cc23)OC1. The Hall–Kier alpha value is -2.62. The largest absolute Gasteiger partial charge is 0.489 e. The Morgan fingerprint density at radius 3 is 2.58 bits per heavy atom. The van der Waals surface area contributed by atoms with Crippen LogP contribution in [0.5, 0.6) is 5.75 Å². The molecule has 2 aromatic heterocycles. The van der Waals surface area contributed by atoms with Crippen LogP contribution in [-0.2, 0) is 0 Å². The number of hydrogen-bond donors (Lipinski definition) is 0. The van der Waals surface area contributed by atoms with Gasteiger partial charge in [0.15, 0.2) is 0 Å². The number of rotatable bonds is 1. The molecule has 1 aliphatic rings. The van der Waals surface area contributed by atoms with Crippen molar-refractivity contribution in [2.45, 2.75) is 0 Å². The maximum absolute atomic E-state index is 5.98. The number of thiophene rings is 2. The Morgan fingerprint density at radius 1 is 0.808 bits per heavy atom. The number of hydrogen-bond acceptors (Lipinski definition) is 3. The Kier molecular flexibility index (Phi) is 3.04. The lowest BCUT2D eigenvalue weighted by Crippen LogP contribution is -2.05. The molecule has 3 heterocycles. The highest BCUT2D eigenvalue weighted by Crippen LogP contribution is 2.44. The van der Waals surface area contributed by atoms with Gasteiger partial charge in [-0.2, -0.15) is 0 Å². The van der Waals surface area contributed by atoms with Crippen LogP contribution in [0.25, 0.3) is 36.5 Å². The van der Waals surface area contributed by atoms with Gasteiger partial charge < -0.3 is 4.74 Å². The van der Waals surface area contributed by atoms with Gasteiger partial charge in [-0.3, -0.25) is 0 Å². The molecule has 0 N–H and O–H groups in total. The molecule has 5 aromatic rings. The van der Waals surface area contributed by atoms with Gasteiger partial charge in [0.05, 0.1) is 0 Å². The molecule has 0 saturated heterocycles. The molecule has 0 saturated carbocycles. The van der Waals surface area contributed by atoms with Gasteiger partial charge in [-0.1, -0.05) is 30.3 Å². The second-order valence-corrected chi connectivity index (χ2v) is 8.58. The van der Waals surface area contributed by atoms with Gasteiger partial charge in [0, 0.05) is 25.4 Å². The van der Waals surface area contributed by atoms with Crippen LogP contribution in [0, 0.1) is 0 Å². The van der Waals surface area contributed by atoms with Crippen LogP contribution in [0.2, 0.25) is 0 Å². The molecule has 6 rings (SSSR count). The first-order chi connectivity index (χ1) is 12.9. The summed E-state index contributed by atoms with van der Waals surface area (Å²) in [4.78, 5) is 1.33. The van der Waals surface area contributed by atoms with Crippen LogP contribution in [-0.4, -0.2) is 6.61 Å². The first kappa shape index (κ1) is 14.5. The van der Waals surface area contributed by atoms with Gasteiger partial charge in [-0.05, 0) is 63.3 Å². The van der Waals surface area contributed by atoms with E-state index in [0.717, 1.165) is 5.75 Å². The predicted molar refractivity (Wildman–Crippen MR) is 114 cm³/mol. The second-order valence-electron chi connectivity index (χ2n) is 6.55. The standard InChI is InChI=1S/C23H14OS2/c1-2-4-15-12-18-16(11-14(15)3-1)5-6-19-23(18)17(7-9-24-19)21-13-22-20(26-21)8-10-25-22/h1-8,10-13H,9H2. The molecule has 0 atom stereocenters. The first-order valence-corrected chi connectivity index (χ1v) is 10.3. The van der Waals surface area contributed by atoms with Gasteiger partial charge in [0.25, 0.3) is 0 Å². The van der Waals surface area contributed by atoms with E-state index in [4.69, 9.17) is 4.74 Å². The lowest BCUT2D eigenvalue weighted by molar-refractivity contribution is 0.358. The summed E-state index contributed by atoms with van der Waals surface area (Å²) < 4.78 is 8.71. The molecule has 0 fully saturated rings. The normalized spacial score (nSPS) is 13.8. The zero-order chi connectivity index (χ0) is 17.1. The summed E-state index contributed by atoms with van der Waals surface area (Å²) in [5.41, 5.74) is 2.54. The average molecular weight is 370 g/mol. The van der Waals surface area contributed by atoms with Gasteiger partial charge in [-0.25, -0.2) is 0 Å². The summed E-state index contributed by atoms with van der Waals surface area (Å²) in [6.45, 7) is 0.632. The molecule has 0 radical (unpaired) electrons. The minimum absolute atomic E-state index is 0.632. The lowest BCUT2D eigenvalue weighted by atomic mass is 9.93. The smallest absolute Gasteiger partial charge is 0.128 e. The van der Waals surface area contributed by atoms with E-state index in [1.807, 2.05) is 22.7 Å². The van der Waals surface area contributed by atoms with Crippen molar-refractivity contribution in [3.05, 3.63) is 82.6 Å². The quantitative estimate of drug-likeness (QED) is 0.286. The van der Waals surface area contributed by atoms with Crippen LogP contribution < -0.4 is 4.74 Å². The van der Waals surface area contributed by atoms with Crippen LogP contribution in [0.3, 0.4) is 0 Å². The summed E-state index contributed by atoms with van der Waals surface area (Å²) in [6.07, 6.45) is 2.23. The first-order valence-electron chi connectivity index (χ1n) is 8.63. The van der Waals surface area contributed by atoms with Crippen LogP contribution >= 0.6 is 22.7 Å². The van der Waals surface area contributed by atoms with Crippen molar-refractivity contribution in [3.8, 4) is 5.75 Å². The molecule has 3 heteroatoms. The van der Waals surface area contributed by atoms with E-state index in [1.165, 1.54) is 47.0 Å². The third kappa shape index (κ3) is 2.08. The molecule has 3 aromatic carbocycles. The maximum Gasteiger partial charge on any atom is 0.128 e.